The number of halogens is 1. The van der Waals surface area contributed by atoms with E-state index in [1.165, 1.54) is 38.2 Å². The lowest BCUT2D eigenvalue weighted by Gasteiger charge is -2.33. The zero-order chi connectivity index (χ0) is 13.0. The second-order valence-corrected chi connectivity index (χ2v) is 5.20. The van der Waals surface area contributed by atoms with Gasteiger partial charge in [-0.3, -0.25) is 0 Å². The minimum atomic E-state index is -0.267. The van der Waals surface area contributed by atoms with Gasteiger partial charge in [0.15, 0.2) is 5.11 Å². The van der Waals surface area contributed by atoms with Crippen LogP contribution in [0, 0.1) is 5.82 Å². The first-order valence-corrected chi connectivity index (χ1v) is 6.87. The molecule has 0 amide bonds. The molecule has 2 nitrogen and oxygen atoms in total. The van der Waals surface area contributed by atoms with Gasteiger partial charge in [0.25, 0.3) is 0 Å². The highest BCUT2D eigenvalue weighted by molar-refractivity contribution is 7.80. The molecule has 0 atom stereocenters. The summed E-state index contributed by atoms with van der Waals surface area (Å²) in [5.41, 5.74) is 0.449. The Labute approximate surface area is 113 Å². The summed E-state index contributed by atoms with van der Waals surface area (Å²) in [6.07, 6.45) is 6.19. The van der Waals surface area contributed by atoms with E-state index in [1.807, 2.05) is 7.05 Å². The fraction of sp³-hybridized carbons (Fsp3) is 0.500. The van der Waals surface area contributed by atoms with Crippen LogP contribution in [0.5, 0.6) is 0 Å². The van der Waals surface area contributed by atoms with E-state index in [0.29, 0.717) is 16.8 Å². The molecule has 1 aliphatic carbocycles. The van der Waals surface area contributed by atoms with Crippen LogP contribution in [-0.4, -0.2) is 23.1 Å². The summed E-state index contributed by atoms with van der Waals surface area (Å²) in [6.45, 7) is 0. The predicted octanol–water partition coefficient (Wildman–Crippen LogP) is 3.79. The van der Waals surface area contributed by atoms with E-state index in [0.717, 1.165) is 0 Å². The van der Waals surface area contributed by atoms with Gasteiger partial charge in [-0.05, 0) is 37.2 Å². The van der Waals surface area contributed by atoms with Crippen LogP contribution >= 0.6 is 12.2 Å². The molecule has 98 valence electrons. The summed E-state index contributed by atoms with van der Waals surface area (Å²) in [6, 6.07) is 7.11. The third-order valence-electron chi connectivity index (χ3n) is 3.56. The lowest BCUT2D eigenvalue weighted by atomic mass is 9.95. The van der Waals surface area contributed by atoms with Crippen molar-refractivity contribution in [2.45, 2.75) is 38.1 Å². The highest BCUT2D eigenvalue weighted by Crippen LogP contribution is 2.22. The van der Waals surface area contributed by atoms with Gasteiger partial charge in [-0.15, -0.1) is 0 Å². The van der Waals surface area contributed by atoms with Crippen LogP contribution in [0.25, 0.3) is 0 Å². The summed E-state index contributed by atoms with van der Waals surface area (Å²) < 4.78 is 13.5. The molecule has 1 N–H and O–H groups in total. The SMILES string of the molecule is CN(C(=S)Nc1ccccc1F)C1CCCCC1. The molecule has 0 radical (unpaired) electrons. The van der Waals surface area contributed by atoms with Gasteiger partial charge in [0, 0.05) is 13.1 Å². The monoisotopic (exact) mass is 266 g/mol. The van der Waals surface area contributed by atoms with Crippen LogP contribution in [0.4, 0.5) is 10.1 Å². The van der Waals surface area contributed by atoms with E-state index in [1.54, 1.807) is 18.2 Å². The lowest BCUT2D eigenvalue weighted by molar-refractivity contribution is 0.281. The van der Waals surface area contributed by atoms with Gasteiger partial charge in [0.1, 0.15) is 5.82 Å². The maximum absolute atomic E-state index is 13.5. The Kier molecular flexibility index (Phi) is 4.53. The number of anilines is 1. The van der Waals surface area contributed by atoms with Crippen LogP contribution in [0.15, 0.2) is 24.3 Å². The number of nitrogens with one attached hydrogen (secondary N) is 1. The quantitative estimate of drug-likeness (QED) is 0.820. The van der Waals surface area contributed by atoms with Crippen LogP contribution in [0.3, 0.4) is 0 Å². The molecule has 0 heterocycles. The van der Waals surface area contributed by atoms with E-state index >= 15 is 0 Å². The fourth-order valence-corrected chi connectivity index (χ4v) is 2.66. The molecule has 1 saturated carbocycles. The minimum Gasteiger partial charge on any atom is -0.349 e. The van der Waals surface area contributed by atoms with E-state index < -0.39 is 0 Å². The Bertz CT molecular complexity index is 416. The van der Waals surface area contributed by atoms with Gasteiger partial charge in [0.2, 0.25) is 0 Å². The van der Waals surface area contributed by atoms with Crippen LogP contribution in [0.1, 0.15) is 32.1 Å². The van der Waals surface area contributed by atoms with Gasteiger partial charge >= 0.3 is 0 Å². The molecular weight excluding hydrogens is 247 g/mol. The Balaban J connectivity index is 1.97. The number of thiocarbonyl (C=S) groups is 1. The Morgan fingerprint density at radius 1 is 1.28 bits per heavy atom. The highest BCUT2D eigenvalue weighted by Gasteiger charge is 2.20. The minimum absolute atomic E-state index is 0.267. The van der Waals surface area contributed by atoms with Gasteiger partial charge in [-0.1, -0.05) is 31.4 Å². The van der Waals surface area contributed by atoms with Crippen LogP contribution in [-0.2, 0) is 0 Å². The molecule has 0 saturated heterocycles. The second kappa shape index (κ2) is 6.14. The van der Waals surface area contributed by atoms with Gasteiger partial charge in [-0.25, -0.2) is 4.39 Å². The molecule has 0 aliphatic heterocycles. The molecule has 2 rings (SSSR count). The zero-order valence-corrected chi connectivity index (χ0v) is 11.5. The molecule has 0 bridgehead atoms. The number of hydrogen-bond donors (Lipinski definition) is 1. The Morgan fingerprint density at radius 2 is 1.94 bits per heavy atom. The fourth-order valence-electron chi connectivity index (χ4n) is 2.40. The largest absolute Gasteiger partial charge is 0.349 e. The van der Waals surface area contributed by atoms with Crippen molar-refractivity contribution in [1.29, 1.82) is 0 Å². The van der Waals surface area contributed by atoms with Crippen molar-refractivity contribution in [2.75, 3.05) is 12.4 Å². The molecule has 0 spiro atoms. The Hall–Kier alpha value is -1.16. The molecule has 0 aromatic heterocycles. The number of para-hydroxylation sites is 1. The summed E-state index contributed by atoms with van der Waals surface area (Å²) in [7, 11) is 1.99. The first-order valence-electron chi connectivity index (χ1n) is 6.47. The maximum Gasteiger partial charge on any atom is 0.173 e. The normalized spacial score (nSPS) is 16.3. The smallest absolute Gasteiger partial charge is 0.173 e. The molecular formula is C14H19FN2S. The molecule has 1 aromatic carbocycles. The van der Waals surface area contributed by atoms with E-state index in [9.17, 15) is 4.39 Å². The predicted molar refractivity (Wildman–Crippen MR) is 77.3 cm³/mol. The first kappa shape index (κ1) is 13.3. The van der Waals surface area contributed by atoms with Crippen molar-refractivity contribution in [2.24, 2.45) is 0 Å². The average Bonchev–Trinajstić information content (AvgIpc) is 2.41. The standard InChI is InChI=1S/C14H19FN2S/c1-17(11-7-3-2-4-8-11)14(18)16-13-10-6-5-9-12(13)15/h5-6,9-11H,2-4,7-8H2,1H3,(H,16,18). The summed E-state index contributed by atoms with van der Waals surface area (Å²) >= 11 is 5.35. The topological polar surface area (TPSA) is 15.3 Å². The maximum atomic E-state index is 13.5. The van der Waals surface area contributed by atoms with Gasteiger partial charge < -0.3 is 10.2 Å². The summed E-state index contributed by atoms with van der Waals surface area (Å²) in [5, 5.41) is 3.59. The molecule has 0 unspecified atom stereocenters. The van der Waals surface area contributed by atoms with E-state index in [-0.39, 0.29) is 5.82 Å². The molecule has 1 aliphatic rings. The van der Waals surface area contributed by atoms with Gasteiger partial charge in [-0.2, -0.15) is 0 Å². The summed E-state index contributed by atoms with van der Waals surface area (Å²) in [4.78, 5) is 2.07. The lowest BCUT2D eigenvalue weighted by Crippen LogP contribution is -2.40. The van der Waals surface area contributed by atoms with Gasteiger partial charge in [0.05, 0.1) is 5.69 Å². The molecule has 18 heavy (non-hydrogen) atoms. The first-order chi connectivity index (χ1) is 8.68. The van der Waals surface area contributed by atoms with Crippen molar-refractivity contribution in [1.82, 2.24) is 4.90 Å². The number of rotatable bonds is 2. The zero-order valence-electron chi connectivity index (χ0n) is 10.7. The van der Waals surface area contributed by atoms with Crippen LogP contribution in [0.2, 0.25) is 0 Å². The molecule has 1 aromatic rings. The third-order valence-corrected chi connectivity index (χ3v) is 3.95. The highest BCUT2D eigenvalue weighted by atomic mass is 32.1. The molecule has 4 heteroatoms. The number of benzene rings is 1. The second-order valence-electron chi connectivity index (χ2n) is 4.81. The van der Waals surface area contributed by atoms with Crippen molar-refractivity contribution >= 4 is 23.0 Å². The van der Waals surface area contributed by atoms with Crippen molar-refractivity contribution in [3.8, 4) is 0 Å². The number of hydrogen-bond acceptors (Lipinski definition) is 1. The average molecular weight is 266 g/mol. The van der Waals surface area contributed by atoms with Crippen molar-refractivity contribution in [3.05, 3.63) is 30.1 Å². The van der Waals surface area contributed by atoms with Crippen LogP contribution < -0.4 is 5.32 Å². The summed E-state index contributed by atoms with van der Waals surface area (Å²) in [5.74, 6) is -0.267. The Morgan fingerprint density at radius 3 is 2.61 bits per heavy atom. The third kappa shape index (κ3) is 3.19. The molecule has 1 fully saturated rings. The van der Waals surface area contributed by atoms with E-state index in [4.69, 9.17) is 12.2 Å². The van der Waals surface area contributed by atoms with Crippen molar-refractivity contribution in [3.63, 3.8) is 0 Å². The van der Waals surface area contributed by atoms with Crippen molar-refractivity contribution < 1.29 is 4.39 Å². The number of nitrogens with zero attached hydrogens (tertiary/aromatic N) is 1. The van der Waals surface area contributed by atoms with E-state index in [2.05, 4.69) is 10.2 Å².